The number of fused-ring (bicyclic) bond motifs is 1. The Morgan fingerprint density at radius 3 is 2.57 bits per heavy atom. The lowest BCUT2D eigenvalue weighted by molar-refractivity contribution is 0.526. The molecular weight excluding hydrogens is 326 g/mol. The summed E-state index contributed by atoms with van der Waals surface area (Å²) in [5, 5.41) is 6.06. The number of rotatable bonds is 4. The molecule has 2 aromatic carbocycles. The van der Waals surface area contributed by atoms with Gasteiger partial charge in [-0.25, -0.2) is 0 Å². The van der Waals surface area contributed by atoms with Crippen molar-refractivity contribution in [3.8, 4) is 0 Å². The molecule has 1 heterocycles. The molecular formula is C18H18BrNO. The zero-order valence-electron chi connectivity index (χ0n) is 12.2. The molecule has 0 spiro atoms. The van der Waals surface area contributed by atoms with Crippen LogP contribution in [0.1, 0.15) is 29.9 Å². The minimum Gasteiger partial charge on any atom is -0.469 e. The van der Waals surface area contributed by atoms with Crippen molar-refractivity contribution in [2.24, 2.45) is 0 Å². The second-order valence-electron chi connectivity index (χ2n) is 5.16. The van der Waals surface area contributed by atoms with E-state index in [1.165, 1.54) is 21.9 Å². The largest absolute Gasteiger partial charge is 0.469 e. The Kier molecular flexibility index (Phi) is 4.13. The summed E-state index contributed by atoms with van der Waals surface area (Å²) in [7, 11) is 0. The first kappa shape index (κ1) is 14.4. The maximum Gasteiger partial charge on any atom is 0.101 e. The van der Waals surface area contributed by atoms with Crippen molar-refractivity contribution in [2.45, 2.75) is 19.9 Å². The fourth-order valence-corrected chi connectivity index (χ4v) is 3.24. The smallest absolute Gasteiger partial charge is 0.101 e. The first-order valence-electron chi connectivity index (χ1n) is 7.16. The third kappa shape index (κ3) is 2.76. The van der Waals surface area contributed by atoms with Crippen LogP contribution in [0.25, 0.3) is 10.8 Å². The Bertz CT molecular complexity index is 763. The maximum absolute atomic E-state index is 5.50. The molecule has 3 rings (SSSR count). The average molecular weight is 344 g/mol. The number of halogens is 1. The zero-order chi connectivity index (χ0) is 14.8. The summed E-state index contributed by atoms with van der Waals surface area (Å²) >= 11 is 3.64. The first-order valence-corrected chi connectivity index (χ1v) is 7.95. The van der Waals surface area contributed by atoms with E-state index in [1.54, 1.807) is 0 Å². The van der Waals surface area contributed by atoms with Gasteiger partial charge in [-0.05, 0) is 41.9 Å². The van der Waals surface area contributed by atoms with Gasteiger partial charge in [-0.2, -0.15) is 0 Å². The number of nitrogens with one attached hydrogen (secondary N) is 1. The van der Waals surface area contributed by atoms with Gasteiger partial charge in [-0.15, -0.1) is 0 Å². The summed E-state index contributed by atoms with van der Waals surface area (Å²) in [5.41, 5.74) is 2.44. The summed E-state index contributed by atoms with van der Waals surface area (Å²) in [6, 6.07) is 15.0. The van der Waals surface area contributed by atoms with Crippen LogP contribution in [0.4, 0.5) is 0 Å². The molecule has 1 aromatic heterocycles. The summed E-state index contributed by atoms with van der Waals surface area (Å²) < 4.78 is 6.63. The normalized spacial score (nSPS) is 12.7. The van der Waals surface area contributed by atoms with Gasteiger partial charge >= 0.3 is 0 Å². The van der Waals surface area contributed by atoms with Crippen LogP contribution >= 0.6 is 15.9 Å². The van der Waals surface area contributed by atoms with Gasteiger partial charge in [0.1, 0.15) is 5.76 Å². The Balaban J connectivity index is 2.18. The molecule has 0 aliphatic rings. The quantitative estimate of drug-likeness (QED) is 0.703. The summed E-state index contributed by atoms with van der Waals surface area (Å²) in [5.74, 6) is 0.939. The van der Waals surface area contributed by atoms with Crippen LogP contribution in [0.15, 0.2) is 57.6 Å². The SMILES string of the molecule is CCNC(c1coc(C)c1)c1ccc(Br)c2ccccc12. The molecule has 0 amide bonds. The molecule has 1 atom stereocenters. The summed E-state index contributed by atoms with van der Waals surface area (Å²) in [6.45, 7) is 5.01. The molecule has 0 aliphatic carbocycles. The van der Waals surface area contributed by atoms with E-state index in [0.29, 0.717) is 0 Å². The van der Waals surface area contributed by atoms with Crippen molar-refractivity contribution in [2.75, 3.05) is 6.54 Å². The van der Waals surface area contributed by atoms with Crippen LogP contribution in [0.3, 0.4) is 0 Å². The van der Waals surface area contributed by atoms with E-state index in [4.69, 9.17) is 4.42 Å². The van der Waals surface area contributed by atoms with Crippen LogP contribution in [-0.4, -0.2) is 6.54 Å². The molecule has 1 N–H and O–H groups in total. The molecule has 21 heavy (non-hydrogen) atoms. The van der Waals surface area contributed by atoms with E-state index in [-0.39, 0.29) is 6.04 Å². The fraction of sp³-hybridized carbons (Fsp3) is 0.222. The van der Waals surface area contributed by atoms with Gasteiger partial charge in [-0.1, -0.05) is 53.2 Å². The molecule has 2 nitrogen and oxygen atoms in total. The minimum atomic E-state index is 0.144. The minimum absolute atomic E-state index is 0.144. The van der Waals surface area contributed by atoms with Gasteiger partial charge in [0.2, 0.25) is 0 Å². The highest BCUT2D eigenvalue weighted by Gasteiger charge is 2.18. The van der Waals surface area contributed by atoms with E-state index >= 15 is 0 Å². The second kappa shape index (κ2) is 6.04. The van der Waals surface area contributed by atoms with Crippen molar-refractivity contribution in [3.63, 3.8) is 0 Å². The third-order valence-electron chi connectivity index (χ3n) is 3.71. The lowest BCUT2D eigenvalue weighted by Crippen LogP contribution is -2.21. The Morgan fingerprint density at radius 1 is 1.14 bits per heavy atom. The Labute approximate surface area is 133 Å². The molecule has 3 aromatic rings. The number of hydrogen-bond acceptors (Lipinski definition) is 2. The van der Waals surface area contributed by atoms with Gasteiger partial charge in [-0.3, -0.25) is 0 Å². The molecule has 0 aliphatic heterocycles. The third-order valence-corrected chi connectivity index (χ3v) is 4.40. The monoisotopic (exact) mass is 343 g/mol. The van der Waals surface area contributed by atoms with E-state index < -0.39 is 0 Å². The van der Waals surface area contributed by atoms with Crippen molar-refractivity contribution < 1.29 is 4.42 Å². The van der Waals surface area contributed by atoms with Gasteiger partial charge in [0.25, 0.3) is 0 Å². The number of aryl methyl sites for hydroxylation is 1. The van der Waals surface area contributed by atoms with Crippen molar-refractivity contribution in [1.82, 2.24) is 5.32 Å². The van der Waals surface area contributed by atoms with Crippen LogP contribution in [0, 0.1) is 6.92 Å². The molecule has 0 bridgehead atoms. The number of benzene rings is 2. The molecule has 0 saturated carbocycles. The standard InChI is InChI=1S/C18H18BrNO/c1-3-20-18(13-10-12(2)21-11-13)16-8-9-17(19)15-7-5-4-6-14(15)16/h4-11,18,20H,3H2,1-2H3. The highest BCUT2D eigenvalue weighted by Crippen LogP contribution is 2.33. The van der Waals surface area contributed by atoms with Crippen LogP contribution in [0.2, 0.25) is 0 Å². The number of hydrogen-bond donors (Lipinski definition) is 1. The van der Waals surface area contributed by atoms with Crippen molar-refractivity contribution >= 4 is 26.7 Å². The van der Waals surface area contributed by atoms with Gasteiger partial charge in [0.15, 0.2) is 0 Å². The molecule has 0 fully saturated rings. The molecule has 0 radical (unpaired) electrons. The van der Waals surface area contributed by atoms with E-state index in [1.807, 2.05) is 13.2 Å². The van der Waals surface area contributed by atoms with Crippen molar-refractivity contribution in [3.05, 3.63) is 70.1 Å². The lowest BCUT2D eigenvalue weighted by Gasteiger charge is -2.19. The predicted molar refractivity (Wildman–Crippen MR) is 90.6 cm³/mol. The average Bonchev–Trinajstić information content (AvgIpc) is 2.92. The second-order valence-corrected chi connectivity index (χ2v) is 6.02. The first-order chi connectivity index (χ1) is 10.2. The van der Waals surface area contributed by atoms with Crippen molar-refractivity contribution in [1.29, 1.82) is 0 Å². The summed E-state index contributed by atoms with van der Waals surface area (Å²) in [6.07, 6.45) is 1.85. The van der Waals surface area contributed by atoms with Gasteiger partial charge < -0.3 is 9.73 Å². The van der Waals surface area contributed by atoms with Crippen LogP contribution < -0.4 is 5.32 Å². The van der Waals surface area contributed by atoms with Crippen LogP contribution in [-0.2, 0) is 0 Å². The molecule has 3 heteroatoms. The number of furan rings is 1. The molecule has 0 saturated heterocycles. The molecule has 108 valence electrons. The van der Waals surface area contributed by atoms with E-state index in [9.17, 15) is 0 Å². The Morgan fingerprint density at radius 2 is 1.90 bits per heavy atom. The highest BCUT2D eigenvalue weighted by molar-refractivity contribution is 9.10. The lowest BCUT2D eigenvalue weighted by atomic mass is 9.95. The topological polar surface area (TPSA) is 25.2 Å². The summed E-state index contributed by atoms with van der Waals surface area (Å²) in [4.78, 5) is 0. The van der Waals surface area contributed by atoms with E-state index in [0.717, 1.165) is 16.8 Å². The fourth-order valence-electron chi connectivity index (χ4n) is 2.76. The van der Waals surface area contributed by atoms with Crippen LogP contribution in [0.5, 0.6) is 0 Å². The van der Waals surface area contributed by atoms with E-state index in [2.05, 4.69) is 70.6 Å². The zero-order valence-corrected chi connectivity index (χ0v) is 13.8. The van der Waals surface area contributed by atoms with Gasteiger partial charge in [0.05, 0.1) is 12.3 Å². The maximum atomic E-state index is 5.50. The Hall–Kier alpha value is -1.58. The van der Waals surface area contributed by atoms with Gasteiger partial charge in [0, 0.05) is 10.0 Å². The molecule has 1 unspecified atom stereocenters. The highest BCUT2D eigenvalue weighted by atomic mass is 79.9. The predicted octanol–water partition coefficient (Wildman–Crippen LogP) is 5.20.